The Morgan fingerprint density at radius 2 is 1.91 bits per heavy atom. The van der Waals surface area contributed by atoms with Gasteiger partial charge in [0.15, 0.2) is 0 Å². The van der Waals surface area contributed by atoms with Gasteiger partial charge in [0, 0.05) is 42.0 Å². The SMILES string of the molecule is O=C(Nc1ccc2cnccc2c1)[C@@H]1CC1c1ccc(S(=O)(=O)N[C@H]2CCCNC2)cc1. The lowest BCUT2D eigenvalue weighted by molar-refractivity contribution is -0.117. The Kier molecular flexibility index (Phi) is 5.67. The third-order valence-electron chi connectivity index (χ3n) is 6.27. The number of hydrogen-bond acceptors (Lipinski definition) is 5. The molecule has 2 heterocycles. The van der Waals surface area contributed by atoms with Gasteiger partial charge in [-0.2, -0.15) is 0 Å². The quantitative estimate of drug-likeness (QED) is 0.536. The van der Waals surface area contributed by atoms with Crippen molar-refractivity contribution >= 4 is 32.4 Å². The van der Waals surface area contributed by atoms with Crippen molar-refractivity contribution in [1.82, 2.24) is 15.0 Å². The van der Waals surface area contributed by atoms with Crippen molar-refractivity contribution in [2.75, 3.05) is 18.4 Å². The Morgan fingerprint density at radius 1 is 1.06 bits per heavy atom. The van der Waals surface area contributed by atoms with Crippen molar-refractivity contribution in [2.24, 2.45) is 5.92 Å². The molecule has 3 atom stereocenters. The summed E-state index contributed by atoms with van der Waals surface area (Å²) >= 11 is 0. The molecule has 3 aromatic rings. The van der Waals surface area contributed by atoms with E-state index in [0.29, 0.717) is 6.54 Å². The summed E-state index contributed by atoms with van der Waals surface area (Å²) in [7, 11) is -3.54. The minimum Gasteiger partial charge on any atom is -0.326 e. The molecular weight excluding hydrogens is 424 g/mol. The van der Waals surface area contributed by atoms with Crippen molar-refractivity contribution in [2.45, 2.75) is 36.1 Å². The molecule has 1 saturated heterocycles. The minimum atomic E-state index is -3.54. The van der Waals surface area contributed by atoms with E-state index in [1.54, 1.807) is 24.5 Å². The first-order valence-corrected chi connectivity index (χ1v) is 12.5. The Bertz CT molecular complexity index is 1240. The molecule has 1 amide bonds. The van der Waals surface area contributed by atoms with E-state index < -0.39 is 10.0 Å². The number of hydrogen-bond donors (Lipinski definition) is 3. The van der Waals surface area contributed by atoms with Crippen LogP contribution >= 0.6 is 0 Å². The van der Waals surface area contributed by atoms with Crippen LogP contribution in [-0.2, 0) is 14.8 Å². The zero-order chi connectivity index (χ0) is 22.1. The fourth-order valence-electron chi connectivity index (χ4n) is 4.38. The highest BCUT2D eigenvalue weighted by Crippen LogP contribution is 2.48. The lowest BCUT2D eigenvalue weighted by Crippen LogP contribution is -2.45. The zero-order valence-electron chi connectivity index (χ0n) is 17.6. The van der Waals surface area contributed by atoms with Gasteiger partial charge in [-0.1, -0.05) is 18.2 Å². The van der Waals surface area contributed by atoms with Gasteiger partial charge in [-0.05, 0) is 73.0 Å². The lowest BCUT2D eigenvalue weighted by atomic mass is 10.1. The number of rotatable bonds is 6. The molecule has 1 aliphatic carbocycles. The van der Waals surface area contributed by atoms with Crippen LogP contribution in [0.25, 0.3) is 10.8 Å². The number of amides is 1. The maximum atomic E-state index is 12.7. The van der Waals surface area contributed by atoms with E-state index in [1.165, 1.54) is 0 Å². The predicted molar refractivity (Wildman–Crippen MR) is 124 cm³/mol. The molecule has 5 rings (SSSR count). The molecule has 0 spiro atoms. The van der Waals surface area contributed by atoms with Crippen LogP contribution in [0.4, 0.5) is 5.69 Å². The molecule has 2 aromatic carbocycles. The van der Waals surface area contributed by atoms with Crippen LogP contribution in [0.5, 0.6) is 0 Å². The number of nitrogens with zero attached hydrogens (tertiary/aromatic N) is 1. The molecule has 7 nitrogen and oxygen atoms in total. The number of nitrogens with one attached hydrogen (secondary N) is 3. The highest BCUT2D eigenvalue weighted by atomic mass is 32.2. The predicted octanol–water partition coefficient (Wildman–Crippen LogP) is 3.01. The second kappa shape index (κ2) is 8.61. The van der Waals surface area contributed by atoms with Gasteiger partial charge >= 0.3 is 0 Å². The summed E-state index contributed by atoms with van der Waals surface area (Å²) in [5.41, 5.74) is 1.76. The molecule has 0 bridgehead atoms. The Balaban J connectivity index is 1.21. The van der Waals surface area contributed by atoms with Crippen molar-refractivity contribution in [3.8, 4) is 0 Å². The van der Waals surface area contributed by atoms with Gasteiger partial charge < -0.3 is 10.6 Å². The summed E-state index contributed by atoms with van der Waals surface area (Å²) in [6.07, 6.45) is 6.10. The van der Waals surface area contributed by atoms with Gasteiger partial charge in [-0.25, -0.2) is 13.1 Å². The molecule has 3 N–H and O–H groups in total. The summed E-state index contributed by atoms with van der Waals surface area (Å²) in [6, 6.07) is 14.5. The normalized spacial score (nSPS) is 23.1. The Morgan fingerprint density at radius 3 is 2.69 bits per heavy atom. The minimum absolute atomic E-state index is 0.00781. The Labute approximate surface area is 187 Å². The van der Waals surface area contributed by atoms with Gasteiger partial charge in [0.2, 0.25) is 15.9 Å². The second-order valence-electron chi connectivity index (χ2n) is 8.61. The fraction of sp³-hybridized carbons (Fsp3) is 0.333. The number of aromatic nitrogens is 1. The van der Waals surface area contributed by atoms with Crippen LogP contribution < -0.4 is 15.4 Å². The van der Waals surface area contributed by atoms with E-state index >= 15 is 0 Å². The van der Waals surface area contributed by atoms with E-state index in [0.717, 1.165) is 47.8 Å². The van der Waals surface area contributed by atoms with E-state index in [2.05, 4.69) is 20.3 Å². The number of pyridine rings is 1. The van der Waals surface area contributed by atoms with E-state index in [4.69, 9.17) is 0 Å². The fourth-order valence-corrected chi connectivity index (χ4v) is 5.65. The van der Waals surface area contributed by atoms with Crippen LogP contribution in [-0.4, -0.2) is 38.4 Å². The summed E-state index contributed by atoms with van der Waals surface area (Å²) in [5.74, 6) is 0.00974. The first-order chi connectivity index (χ1) is 15.5. The third-order valence-corrected chi connectivity index (χ3v) is 7.81. The molecule has 1 aromatic heterocycles. The summed E-state index contributed by atoms with van der Waals surface area (Å²) < 4.78 is 28.1. The number of carbonyl (C=O) groups excluding carboxylic acids is 1. The smallest absolute Gasteiger partial charge is 0.240 e. The van der Waals surface area contributed by atoms with Crippen molar-refractivity contribution < 1.29 is 13.2 Å². The molecule has 1 saturated carbocycles. The van der Waals surface area contributed by atoms with Crippen molar-refractivity contribution in [3.05, 3.63) is 66.5 Å². The first kappa shape index (κ1) is 21.1. The summed E-state index contributed by atoms with van der Waals surface area (Å²) in [5, 5.41) is 8.27. The van der Waals surface area contributed by atoms with Crippen LogP contribution in [0, 0.1) is 5.92 Å². The number of sulfonamides is 1. The van der Waals surface area contributed by atoms with Gasteiger partial charge in [-0.15, -0.1) is 0 Å². The average molecular weight is 451 g/mol. The van der Waals surface area contributed by atoms with Gasteiger partial charge in [0.1, 0.15) is 0 Å². The van der Waals surface area contributed by atoms with Crippen LogP contribution in [0.15, 0.2) is 65.8 Å². The zero-order valence-corrected chi connectivity index (χ0v) is 18.4. The van der Waals surface area contributed by atoms with Gasteiger partial charge in [0.25, 0.3) is 0 Å². The topological polar surface area (TPSA) is 100 Å². The molecule has 1 aliphatic heterocycles. The summed E-state index contributed by atoms with van der Waals surface area (Å²) in [4.78, 5) is 17.1. The van der Waals surface area contributed by atoms with Crippen molar-refractivity contribution in [1.29, 1.82) is 0 Å². The van der Waals surface area contributed by atoms with Crippen molar-refractivity contribution in [3.63, 3.8) is 0 Å². The van der Waals surface area contributed by atoms with Crippen LogP contribution in [0.3, 0.4) is 0 Å². The second-order valence-corrected chi connectivity index (χ2v) is 10.3. The summed E-state index contributed by atoms with van der Waals surface area (Å²) in [6.45, 7) is 1.59. The molecule has 1 unspecified atom stereocenters. The molecule has 0 radical (unpaired) electrons. The highest BCUT2D eigenvalue weighted by molar-refractivity contribution is 7.89. The first-order valence-electron chi connectivity index (χ1n) is 11.0. The number of carbonyl (C=O) groups is 1. The number of piperidine rings is 1. The lowest BCUT2D eigenvalue weighted by Gasteiger charge is -2.23. The van der Waals surface area contributed by atoms with Gasteiger partial charge in [0.05, 0.1) is 4.90 Å². The number of anilines is 1. The van der Waals surface area contributed by atoms with Crippen LogP contribution in [0.2, 0.25) is 0 Å². The standard InChI is InChI=1S/C24H26N4O3S/c29-24(27-19-6-3-18-14-26-11-9-17(18)12-19)23-13-22(23)16-4-7-21(8-5-16)32(30,31)28-20-2-1-10-25-15-20/h3-9,11-12,14,20,22-23,25,28H,1-2,10,13,15H2,(H,27,29)/t20-,22?,23+/m0/s1. The molecule has 32 heavy (non-hydrogen) atoms. The Hall–Kier alpha value is -2.81. The van der Waals surface area contributed by atoms with E-state index in [1.807, 2.05) is 36.4 Å². The highest BCUT2D eigenvalue weighted by Gasteiger charge is 2.44. The largest absolute Gasteiger partial charge is 0.326 e. The third kappa shape index (κ3) is 4.53. The maximum Gasteiger partial charge on any atom is 0.240 e. The van der Waals surface area contributed by atoms with E-state index in [9.17, 15) is 13.2 Å². The molecule has 2 aliphatic rings. The molecule has 166 valence electrons. The monoisotopic (exact) mass is 450 g/mol. The molecule has 2 fully saturated rings. The number of benzene rings is 2. The van der Waals surface area contributed by atoms with E-state index in [-0.39, 0.29) is 28.7 Å². The molecule has 8 heteroatoms. The average Bonchev–Trinajstić information content (AvgIpc) is 3.61. The molecular formula is C24H26N4O3S. The maximum absolute atomic E-state index is 12.7. The number of fused-ring (bicyclic) bond motifs is 1. The van der Waals surface area contributed by atoms with Gasteiger partial charge in [-0.3, -0.25) is 9.78 Å². The van der Waals surface area contributed by atoms with Crippen LogP contribution in [0.1, 0.15) is 30.7 Å².